The molecule has 3 aromatic carbocycles. The van der Waals surface area contributed by atoms with Crippen molar-refractivity contribution in [1.82, 2.24) is 0 Å². The van der Waals surface area contributed by atoms with Gasteiger partial charge in [-0.05, 0) is 42.7 Å². The van der Waals surface area contributed by atoms with Crippen molar-refractivity contribution in [1.29, 1.82) is 0 Å². The average Bonchev–Trinajstić information content (AvgIpc) is 2.85. The van der Waals surface area contributed by atoms with E-state index in [9.17, 15) is 4.79 Å². The van der Waals surface area contributed by atoms with Crippen LogP contribution in [-0.2, 0) is 22.7 Å². The van der Waals surface area contributed by atoms with Gasteiger partial charge in [0.25, 0.3) is 0 Å². The van der Waals surface area contributed by atoms with Crippen LogP contribution in [0.3, 0.4) is 0 Å². The van der Waals surface area contributed by atoms with Gasteiger partial charge < -0.3 is 19.9 Å². The molecule has 172 valence electrons. The Morgan fingerprint density at radius 3 is 1.72 bits per heavy atom. The first kappa shape index (κ1) is 26.7. The minimum absolute atomic E-state index is 0.0200. The summed E-state index contributed by atoms with van der Waals surface area (Å²) in [7, 11) is 0. The highest BCUT2D eigenvalue weighted by atomic mass is 16.5. The summed E-state index contributed by atoms with van der Waals surface area (Å²) < 4.78 is 16.3. The van der Waals surface area contributed by atoms with Crippen molar-refractivity contribution < 1.29 is 19.0 Å². The monoisotopic (exact) mass is 437 g/mol. The number of carbonyl (C=O) groups is 1. The second-order valence-corrected chi connectivity index (χ2v) is 6.51. The molecule has 0 aliphatic rings. The third-order valence-electron chi connectivity index (χ3n) is 4.05. The van der Waals surface area contributed by atoms with Gasteiger partial charge in [0.1, 0.15) is 13.2 Å². The third-order valence-corrected chi connectivity index (χ3v) is 4.05. The summed E-state index contributed by atoms with van der Waals surface area (Å²) in [5.74, 6) is 1.21. The molecule has 0 unspecified atom stereocenters. The van der Waals surface area contributed by atoms with E-state index < -0.39 is 0 Å². The smallest absolute Gasteiger partial charge is 0.319 e. The molecule has 0 spiro atoms. The van der Waals surface area contributed by atoms with Crippen LogP contribution in [0.25, 0.3) is 0 Å². The fraction of sp³-hybridized carbons (Fsp3) is 0.296. The van der Waals surface area contributed by atoms with Crippen LogP contribution in [-0.4, -0.2) is 19.1 Å². The van der Waals surface area contributed by atoms with Crippen LogP contribution >= 0.6 is 0 Å². The van der Waals surface area contributed by atoms with Crippen LogP contribution in [0.15, 0.2) is 78.9 Å². The SMILES string of the molecule is CC.CCOC(=O)CN.Cc1ccc(OCc2ccccc2)c(OCc2ccccc2)c1. The molecule has 0 aliphatic carbocycles. The number of aryl methyl sites for hydroxylation is 1. The molecule has 5 heteroatoms. The van der Waals surface area contributed by atoms with E-state index in [2.05, 4.69) is 35.9 Å². The highest BCUT2D eigenvalue weighted by molar-refractivity contribution is 5.71. The van der Waals surface area contributed by atoms with Gasteiger partial charge in [-0.2, -0.15) is 0 Å². The fourth-order valence-corrected chi connectivity index (χ4v) is 2.54. The van der Waals surface area contributed by atoms with Crippen LogP contribution in [0.1, 0.15) is 37.5 Å². The lowest BCUT2D eigenvalue weighted by Crippen LogP contribution is -2.16. The zero-order valence-electron chi connectivity index (χ0n) is 19.5. The summed E-state index contributed by atoms with van der Waals surface area (Å²) in [6.07, 6.45) is 0. The quantitative estimate of drug-likeness (QED) is 0.459. The van der Waals surface area contributed by atoms with Crippen molar-refractivity contribution in [2.75, 3.05) is 13.2 Å². The van der Waals surface area contributed by atoms with Gasteiger partial charge in [0, 0.05) is 0 Å². The summed E-state index contributed by atoms with van der Waals surface area (Å²) in [4.78, 5) is 10.1. The Morgan fingerprint density at radius 1 is 0.781 bits per heavy atom. The van der Waals surface area contributed by atoms with E-state index >= 15 is 0 Å². The summed E-state index contributed by atoms with van der Waals surface area (Å²) >= 11 is 0. The Morgan fingerprint density at radius 2 is 1.28 bits per heavy atom. The number of esters is 1. The van der Waals surface area contributed by atoms with Crippen molar-refractivity contribution in [3.05, 3.63) is 95.6 Å². The maximum Gasteiger partial charge on any atom is 0.319 e. The number of hydrogen-bond donors (Lipinski definition) is 1. The molecule has 0 bridgehead atoms. The molecule has 0 fully saturated rings. The topological polar surface area (TPSA) is 70.8 Å². The molecule has 3 rings (SSSR count). The van der Waals surface area contributed by atoms with Gasteiger partial charge in [-0.25, -0.2) is 0 Å². The van der Waals surface area contributed by atoms with Crippen molar-refractivity contribution in [2.24, 2.45) is 5.73 Å². The van der Waals surface area contributed by atoms with Crippen LogP contribution in [0.4, 0.5) is 0 Å². The molecule has 32 heavy (non-hydrogen) atoms. The third kappa shape index (κ3) is 10.6. The minimum Gasteiger partial charge on any atom is -0.485 e. The zero-order valence-corrected chi connectivity index (χ0v) is 19.5. The number of rotatable bonds is 8. The van der Waals surface area contributed by atoms with E-state index in [0.29, 0.717) is 19.8 Å². The first-order valence-electron chi connectivity index (χ1n) is 10.9. The number of nitrogens with two attached hydrogens (primary N) is 1. The largest absolute Gasteiger partial charge is 0.485 e. The Balaban J connectivity index is 0.000000488. The second-order valence-electron chi connectivity index (χ2n) is 6.51. The Hall–Kier alpha value is -3.31. The number of hydrogen-bond acceptors (Lipinski definition) is 5. The lowest BCUT2D eigenvalue weighted by Gasteiger charge is -2.14. The van der Waals surface area contributed by atoms with Gasteiger partial charge in [-0.15, -0.1) is 0 Å². The van der Waals surface area contributed by atoms with Gasteiger partial charge in [0.05, 0.1) is 13.2 Å². The Kier molecular flexibility index (Phi) is 13.7. The standard InChI is InChI=1S/C21H20O2.C4H9NO2.C2H6/c1-17-12-13-20(22-15-18-8-4-2-5-9-18)21(14-17)23-16-19-10-6-3-7-11-19;1-2-7-4(6)3-5;1-2/h2-14H,15-16H2,1H3;2-3,5H2,1H3;1-2H3. The van der Waals surface area contributed by atoms with E-state index in [1.807, 2.05) is 68.4 Å². The zero-order chi connectivity index (χ0) is 23.6. The predicted octanol–water partition coefficient (Wildman–Crippen LogP) is 5.69. The molecule has 0 amide bonds. The van der Waals surface area contributed by atoms with Crippen molar-refractivity contribution in [3.8, 4) is 11.5 Å². The number of ether oxygens (including phenoxy) is 3. The molecular formula is C27H35NO4. The van der Waals surface area contributed by atoms with E-state index in [1.54, 1.807) is 6.92 Å². The lowest BCUT2D eigenvalue weighted by molar-refractivity contribution is -0.141. The Labute approximate surface area is 192 Å². The Bertz CT molecular complexity index is 883. The summed E-state index contributed by atoms with van der Waals surface area (Å²) in [6, 6.07) is 26.3. The molecule has 0 heterocycles. The van der Waals surface area contributed by atoms with Crippen LogP contribution in [0, 0.1) is 6.92 Å². The first-order valence-corrected chi connectivity index (χ1v) is 10.9. The molecule has 0 saturated carbocycles. The van der Waals surface area contributed by atoms with E-state index in [-0.39, 0.29) is 12.5 Å². The molecule has 0 saturated heterocycles. The van der Waals surface area contributed by atoms with Crippen molar-refractivity contribution >= 4 is 5.97 Å². The van der Waals surface area contributed by atoms with Gasteiger partial charge in [-0.3, -0.25) is 4.79 Å². The number of carbonyl (C=O) groups excluding carboxylic acids is 1. The number of benzene rings is 3. The molecule has 0 aliphatic heterocycles. The van der Waals surface area contributed by atoms with Crippen LogP contribution < -0.4 is 15.2 Å². The summed E-state index contributed by atoms with van der Waals surface area (Å²) in [6.45, 7) is 9.26. The first-order chi connectivity index (χ1) is 15.6. The highest BCUT2D eigenvalue weighted by Gasteiger charge is 2.06. The van der Waals surface area contributed by atoms with Crippen LogP contribution in [0.2, 0.25) is 0 Å². The van der Waals surface area contributed by atoms with Crippen molar-refractivity contribution in [2.45, 2.75) is 40.9 Å². The van der Waals surface area contributed by atoms with Gasteiger partial charge >= 0.3 is 5.97 Å². The predicted molar refractivity (Wildman–Crippen MR) is 130 cm³/mol. The second kappa shape index (κ2) is 16.4. The minimum atomic E-state index is -0.345. The van der Waals surface area contributed by atoms with Gasteiger partial charge in [-0.1, -0.05) is 80.6 Å². The maximum atomic E-state index is 10.1. The van der Waals surface area contributed by atoms with Crippen LogP contribution in [0.5, 0.6) is 11.5 Å². The van der Waals surface area contributed by atoms with E-state index in [4.69, 9.17) is 15.2 Å². The lowest BCUT2D eigenvalue weighted by atomic mass is 10.2. The molecular weight excluding hydrogens is 402 g/mol. The van der Waals surface area contributed by atoms with E-state index in [0.717, 1.165) is 28.2 Å². The van der Waals surface area contributed by atoms with Crippen molar-refractivity contribution in [3.63, 3.8) is 0 Å². The van der Waals surface area contributed by atoms with E-state index in [1.165, 1.54) is 0 Å². The molecule has 0 aromatic heterocycles. The normalized spacial score (nSPS) is 9.41. The highest BCUT2D eigenvalue weighted by Crippen LogP contribution is 2.29. The molecule has 3 aromatic rings. The maximum absolute atomic E-state index is 10.1. The summed E-state index contributed by atoms with van der Waals surface area (Å²) in [5, 5.41) is 0. The molecule has 2 N–H and O–H groups in total. The summed E-state index contributed by atoms with van der Waals surface area (Å²) in [5.41, 5.74) is 8.32. The fourth-order valence-electron chi connectivity index (χ4n) is 2.54. The molecule has 5 nitrogen and oxygen atoms in total. The molecule has 0 atom stereocenters. The van der Waals surface area contributed by atoms with Gasteiger partial charge in [0.2, 0.25) is 0 Å². The van der Waals surface area contributed by atoms with Gasteiger partial charge in [0.15, 0.2) is 11.5 Å². The molecule has 0 radical (unpaired) electrons. The average molecular weight is 438 g/mol.